The van der Waals surface area contributed by atoms with E-state index >= 15 is 0 Å². The van der Waals surface area contributed by atoms with Gasteiger partial charge < -0.3 is 0 Å². The van der Waals surface area contributed by atoms with Crippen molar-refractivity contribution < 1.29 is 0 Å². The lowest BCUT2D eigenvalue weighted by atomic mass is 10.1. The molecule has 0 saturated carbocycles. The Kier molecular flexibility index (Phi) is 5.59. The van der Waals surface area contributed by atoms with Gasteiger partial charge in [-0.3, -0.25) is 0 Å². The van der Waals surface area contributed by atoms with E-state index in [1.807, 2.05) is 0 Å². The first kappa shape index (κ1) is 10.9. The van der Waals surface area contributed by atoms with Crippen LogP contribution in [0, 0.1) is 12.3 Å². The zero-order valence-electron chi connectivity index (χ0n) is 8.71. The van der Waals surface area contributed by atoms with E-state index in [4.69, 9.17) is 6.42 Å². The molecule has 74 valence electrons. The quantitative estimate of drug-likeness (QED) is 0.468. The van der Waals surface area contributed by atoms with Crippen LogP contribution in [0.4, 0.5) is 0 Å². The number of rotatable bonds is 6. The van der Waals surface area contributed by atoms with Gasteiger partial charge in [-0.05, 0) is 24.8 Å². The summed E-state index contributed by atoms with van der Waals surface area (Å²) in [6.45, 7) is 0. The predicted octanol–water partition coefficient (Wildman–Crippen LogP) is 3.81. The Morgan fingerprint density at radius 2 is 1.64 bits per heavy atom. The number of terminal acetylenes is 1. The highest BCUT2D eigenvalue weighted by Crippen LogP contribution is 2.08. The molecule has 0 heterocycles. The summed E-state index contributed by atoms with van der Waals surface area (Å²) >= 11 is 0. The van der Waals surface area contributed by atoms with Crippen LogP contribution in [0.1, 0.15) is 37.7 Å². The summed E-state index contributed by atoms with van der Waals surface area (Å²) < 4.78 is 0. The lowest BCUT2D eigenvalue weighted by Crippen LogP contribution is -1.85. The molecule has 0 spiro atoms. The first-order chi connectivity index (χ1) is 6.93. The van der Waals surface area contributed by atoms with Gasteiger partial charge in [0.05, 0.1) is 0 Å². The van der Waals surface area contributed by atoms with Crippen molar-refractivity contribution >= 4 is 0 Å². The van der Waals surface area contributed by atoms with Gasteiger partial charge in [0.2, 0.25) is 0 Å². The molecule has 0 nitrogen and oxygen atoms in total. The molecular formula is C14H18. The number of hydrogen-bond donors (Lipinski definition) is 0. The normalized spacial score (nSPS) is 9.64. The largest absolute Gasteiger partial charge is 0.120 e. The monoisotopic (exact) mass is 186 g/mol. The standard InChI is InChI=1S/C14H18/c1-2-3-4-5-6-8-11-14-12-9-7-10-13-14/h1,7,9-10,12-13H,3-6,8,11H2. The fraction of sp³-hybridized carbons (Fsp3) is 0.429. The maximum atomic E-state index is 5.18. The highest BCUT2D eigenvalue weighted by molar-refractivity contribution is 5.14. The van der Waals surface area contributed by atoms with Crippen LogP contribution in [0.2, 0.25) is 0 Å². The van der Waals surface area contributed by atoms with Crippen molar-refractivity contribution in [2.75, 3.05) is 0 Å². The van der Waals surface area contributed by atoms with Crippen LogP contribution in [0.3, 0.4) is 0 Å². The van der Waals surface area contributed by atoms with E-state index in [9.17, 15) is 0 Å². The lowest BCUT2D eigenvalue weighted by Gasteiger charge is -2.00. The SMILES string of the molecule is C#CCCCCCCc1ccccc1. The van der Waals surface area contributed by atoms with Gasteiger partial charge in [-0.2, -0.15) is 0 Å². The van der Waals surface area contributed by atoms with Crippen molar-refractivity contribution in [1.29, 1.82) is 0 Å². The smallest absolute Gasteiger partial charge is 0.00860 e. The van der Waals surface area contributed by atoms with Crippen molar-refractivity contribution in [2.24, 2.45) is 0 Å². The average Bonchev–Trinajstić information content (AvgIpc) is 2.25. The summed E-state index contributed by atoms with van der Waals surface area (Å²) in [5.74, 6) is 2.68. The molecule has 0 unspecified atom stereocenters. The van der Waals surface area contributed by atoms with Crippen molar-refractivity contribution in [3.63, 3.8) is 0 Å². The molecule has 0 aliphatic carbocycles. The van der Waals surface area contributed by atoms with E-state index in [-0.39, 0.29) is 0 Å². The van der Waals surface area contributed by atoms with Crippen molar-refractivity contribution in [3.8, 4) is 12.3 Å². The number of aryl methyl sites for hydroxylation is 1. The molecule has 0 aliphatic heterocycles. The fourth-order valence-corrected chi connectivity index (χ4v) is 1.55. The first-order valence-electron chi connectivity index (χ1n) is 5.41. The van der Waals surface area contributed by atoms with Crippen LogP contribution < -0.4 is 0 Å². The molecule has 0 saturated heterocycles. The predicted molar refractivity (Wildman–Crippen MR) is 62.1 cm³/mol. The summed E-state index contributed by atoms with van der Waals surface area (Å²) in [5.41, 5.74) is 1.45. The van der Waals surface area contributed by atoms with Gasteiger partial charge in [0.1, 0.15) is 0 Å². The Morgan fingerprint density at radius 3 is 2.36 bits per heavy atom. The number of hydrogen-bond acceptors (Lipinski definition) is 0. The molecule has 0 aromatic heterocycles. The summed E-state index contributed by atoms with van der Waals surface area (Å²) in [6.07, 6.45) is 12.4. The zero-order valence-corrected chi connectivity index (χ0v) is 8.71. The summed E-state index contributed by atoms with van der Waals surface area (Å²) in [7, 11) is 0. The molecule has 1 aromatic rings. The van der Waals surface area contributed by atoms with Gasteiger partial charge in [-0.15, -0.1) is 12.3 Å². The molecule has 1 rings (SSSR count). The highest BCUT2D eigenvalue weighted by atomic mass is 14.0. The fourth-order valence-electron chi connectivity index (χ4n) is 1.55. The molecule has 0 N–H and O–H groups in total. The minimum absolute atomic E-state index is 0.936. The maximum Gasteiger partial charge on any atom is 0.00860 e. The second-order valence-electron chi connectivity index (χ2n) is 3.60. The Hall–Kier alpha value is -1.22. The Bertz CT molecular complexity index is 266. The van der Waals surface area contributed by atoms with Gasteiger partial charge in [-0.1, -0.05) is 43.2 Å². The van der Waals surface area contributed by atoms with Crippen LogP contribution in [0.25, 0.3) is 0 Å². The third-order valence-corrected chi connectivity index (χ3v) is 2.38. The maximum absolute atomic E-state index is 5.18. The second-order valence-corrected chi connectivity index (χ2v) is 3.60. The third kappa shape index (κ3) is 4.72. The van der Waals surface area contributed by atoms with Gasteiger partial charge in [0.25, 0.3) is 0 Å². The summed E-state index contributed by atoms with van der Waals surface area (Å²) in [5, 5.41) is 0. The van der Waals surface area contributed by atoms with Crippen LogP contribution in [0.15, 0.2) is 30.3 Å². The van der Waals surface area contributed by atoms with E-state index in [0.717, 1.165) is 6.42 Å². The van der Waals surface area contributed by atoms with Gasteiger partial charge in [-0.25, -0.2) is 0 Å². The van der Waals surface area contributed by atoms with E-state index in [2.05, 4.69) is 36.3 Å². The van der Waals surface area contributed by atoms with Gasteiger partial charge in [0.15, 0.2) is 0 Å². The lowest BCUT2D eigenvalue weighted by molar-refractivity contribution is 0.650. The third-order valence-electron chi connectivity index (χ3n) is 2.38. The molecule has 0 radical (unpaired) electrons. The second kappa shape index (κ2) is 7.21. The molecule has 0 fully saturated rings. The summed E-state index contributed by atoms with van der Waals surface area (Å²) in [6, 6.07) is 10.7. The van der Waals surface area contributed by atoms with Crippen LogP contribution in [0.5, 0.6) is 0 Å². The van der Waals surface area contributed by atoms with Gasteiger partial charge in [0, 0.05) is 6.42 Å². The van der Waals surface area contributed by atoms with E-state index in [1.54, 1.807) is 0 Å². The molecule has 0 heteroatoms. The first-order valence-corrected chi connectivity index (χ1v) is 5.41. The molecular weight excluding hydrogens is 168 g/mol. The van der Waals surface area contributed by atoms with E-state index in [0.29, 0.717) is 0 Å². The molecule has 0 bridgehead atoms. The number of unbranched alkanes of at least 4 members (excludes halogenated alkanes) is 4. The number of benzene rings is 1. The Morgan fingerprint density at radius 1 is 0.929 bits per heavy atom. The molecule has 1 aromatic carbocycles. The molecule has 0 aliphatic rings. The van der Waals surface area contributed by atoms with Crippen molar-refractivity contribution in [3.05, 3.63) is 35.9 Å². The molecule has 0 amide bonds. The van der Waals surface area contributed by atoms with Crippen LogP contribution >= 0.6 is 0 Å². The van der Waals surface area contributed by atoms with Crippen LogP contribution in [-0.4, -0.2) is 0 Å². The average molecular weight is 186 g/mol. The van der Waals surface area contributed by atoms with Crippen LogP contribution in [-0.2, 0) is 6.42 Å². The Labute approximate surface area is 87.4 Å². The minimum Gasteiger partial charge on any atom is -0.120 e. The zero-order chi connectivity index (χ0) is 10.1. The van der Waals surface area contributed by atoms with Crippen molar-refractivity contribution in [2.45, 2.75) is 38.5 Å². The minimum atomic E-state index is 0.936. The Balaban J connectivity index is 2.03. The topological polar surface area (TPSA) is 0 Å². The van der Waals surface area contributed by atoms with Crippen molar-refractivity contribution in [1.82, 2.24) is 0 Å². The highest BCUT2D eigenvalue weighted by Gasteiger charge is 1.92. The van der Waals surface area contributed by atoms with E-state index in [1.165, 1.54) is 37.7 Å². The molecule has 0 atom stereocenters. The van der Waals surface area contributed by atoms with Gasteiger partial charge >= 0.3 is 0 Å². The summed E-state index contributed by atoms with van der Waals surface area (Å²) in [4.78, 5) is 0. The van der Waals surface area contributed by atoms with E-state index < -0.39 is 0 Å². The molecule has 14 heavy (non-hydrogen) atoms.